The molecule has 29 heavy (non-hydrogen) atoms. The second-order valence-electron chi connectivity index (χ2n) is 8.12. The topological polar surface area (TPSA) is 46.5 Å². The minimum absolute atomic E-state index is 0.0849. The van der Waals surface area contributed by atoms with Gasteiger partial charge in [-0.1, -0.05) is 109 Å². The molecular formula is C24H45NO2P2. The molecule has 0 saturated carbocycles. The number of nitrogens with zero attached hydrogens (tertiary/aromatic N) is 1. The Morgan fingerprint density at radius 2 is 1.07 bits per heavy atom. The Morgan fingerprint density at radius 3 is 1.52 bits per heavy atom. The maximum Gasteiger partial charge on any atom is 0.307 e. The minimum Gasteiger partial charge on any atom is -0.288 e. The third kappa shape index (κ3) is 25.6. The Balaban J connectivity index is 3.15. The van der Waals surface area contributed by atoms with Crippen molar-refractivity contribution in [1.29, 1.82) is 0 Å². The van der Waals surface area contributed by atoms with E-state index in [2.05, 4.69) is 23.6 Å². The summed E-state index contributed by atoms with van der Waals surface area (Å²) in [5.41, 5.74) is 0.0849. The van der Waals surface area contributed by atoms with Gasteiger partial charge >= 0.3 is 8.61 Å². The summed E-state index contributed by atoms with van der Waals surface area (Å²) >= 11 is 0. The predicted molar refractivity (Wildman–Crippen MR) is 129 cm³/mol. The molecule has 0 aromatic rings. The molecule has 0 N–H and O–H groups in total. The summed E-state index contributed by atoms with van der Waals surface area (Å²) in [6.07, 6.45) is 30.5. The second-order valence-corrected chi connectivity index (χ2v) is 9.70. The third-order valence-corrected chi connectivity index (χ3v) is 6.44. The molecule has 0 spiro atoms. The van der Waals surface area contributed by atoms with Crippen LogP contribution in [0.5, 0.6) is 0 Å². The van der Waals surface area contributed by atoms with Crippen LogP contribution in [-0.2, 0) is 9.36 Å². The van der Waals surface area contributed by atoms with Crippen LogP contribution in [0.25, 0.3) is 0 Å². The lowest BCUT2D eigenvalue weighted by Crippen LogP contribution is -1.87. The average Bonchev–Trinajstić information content (AvgIpc) is 2.73. The first-order chi connectivity index (χ1) is 14.3. The van der Waals surface area contributed by atoms with Crippen LogP contribution in [0.1, 0.15) is 135 Å². The Labute approximate surface area is 184 Å². The van der Waals surface area contributed by atoms with Crippen molar-refractivity contribution in [1.82, 2.24) is 0 Å². The summed E-state index contributed by atoms with van der Waals surface area (Å²) in [5, 5.41) is 0. The molecule has 0 rings (SSSR count). The van der Waals surface area contributed by atoms with Gasteiger partial charge in [-0.2, -0.15) is 4.52 Å². The first-order valence-corrected chi connectivity index (χ1v) is 13.8. The Hall–Kier alpha value is -0.390. The van der Waals surface area contributed by atoms with Gasteiger partial charge in [0, 0.05) is 6.42 Å². The summed E-state index contributed by atoms with van der Waals surface area (Å²) in [6, 6.07) is 0. The van der Waals surface area contributed by atoms with Crippen LogP contribution in [0.3, 0.4) is 0 Å². The molecule has 0 aromatic heterocycles. The highest BCUT2D eigenvalue weighted by Crippen LogP contribution is 2.16. The molecule has 3 nitrogen and oxygen atoms in total. The number of hydrogen-bond donors (Lipinski definition) is 0. The number of unbranched alkanes of at least 4 members (excludes halogenated alkanes) is 17. The smallest absolute Gasteiger partial charge is 0.288 e. The quantitative estimate of drug-likeness (QED) is 0.0899. The van der Waals surface area contributed by atoms with Gasteiger partial charge < -0.3 is 0 Å². The van der Waals surface area contributed by atoms with Crippen LogP contribution < -0.4 is 0 Å². The fourth-order valence-corrected chi connectivity index (χ4v) is 4.33. The van der Waals surface area contributed by atoms with Gasteiger partial charge in [-0.15, -0.1) is 0 Å². The van der Waals surface area contributed by atoms with Crippen LogP contribution in [-0.4, -0.2) is 5.52 Å². The fourth-order valence-electron chi connectivity index (χ4n) is 3.53. The number of carbonyl (C=O) groups is 1. The molecule has 0 aliphatic carbocycles. The second kappa shape index (κ2) is 25.6. The summed E-state index contributed by atoms with van der Waals surface area (Å²) in [5.74, 6) is 0. The molecule has 0 fully saturated rings. The highest BCUT2D eigenvalue weighted by Gasteiger charge is 1.99. The van der Waals surface area contributed by atoms with E-state index in [1.54, 1.807) is 0 Å². The van der Waals surface area contributed by atoms with Crippen LogP contribution in [0, 0.1) is 0 Å². The van der Waals surface area contributed by atoms with E-state index >= 15 is 0 Å². The highest BCUT2D eigenvalue weighted by molar-refractivity contribution is 7.52. The molecule has 0 saturated heterocycles. The van der Waals surface area contributed by atoms with Crippen LogP contribution in [0.2, 0.25) is 0 Å². The van der Waals surface area contributed by atoms with Crippen molar-refractivity contribution < 1.29 is 9.36 Å². The van der Waals surface area contributed by atoms with Crippen molar-refractivity contribution in [3.05, 3.63) is 12.2 Å². The van der Waals surface area contributed by atoms with Crippen LogP contribution >= 0.6 is 17.0 Å². The van der Waals surface area contributed by atoms with Crippen molar-refractivity contribution in [2.75, 3.05) is 0 Å². The molecule has 0 heterocycles. The average molecular weight is 442 g/mol. The summed E-state index contributed by atoms with van der Waals surface area (Å²) < 4.78 is 13.7. The van der Waals surface area contributed by atoms with E-state index in [1.807, 2.05) is 0 Å². The first kappa shape index (κ1) is 28.6. The minimum atomic E-state index is -0.285. The number of hydrogen-bond acceptors (Lipinski definition) is 2. The lowest BCUT2D eigenvalue weighted by atomic mass is 10.0. The highest BCUT2D eigenvalue weighted by atomic mass is 31.1. The van der Waals surface area contributed by atoms with Crippen LogP contribution in [0.15, 0.2) is 16.7 Å². The van der Waals surface area contributed by atoms with Gasteiger partial charge in [0.15, 0.2) is 0 Å². The van der Waals surface area contributed by atoms with E-state index in [0.29, 0.717) is 14.8 Å². The molecule has 0 atom stereocenters. The zero-order chi connectivity index (χ0) is 21.3. The molecule has 0 aliphatic rings. The number of rotatable bonds is 23. The Bertz CT molecular complexity index is 425. The molecule has 0 radical (unpaired) electrons. The van der Waals surface area contributed by atoms with E-state index < -0.39 is 0 Å². The van der Waals surface area contributed by atoms with Crippen molar-refractivity contribution in [3.8, 4) is 0 Å². The lowest BCUT2D eigenvalue weighted by Gasteiger charge is -2.02. The van der Waals surface area contributed by atoms with Crippen molar-refractivity contribution in [2.24, 2.45) is 4.52 Å². The maximum absolute atomic E-state index is 11.3. The molecule has 5 heteroatoms. The van der Waals surface area contributed by atoms with Gasteiger partial charge in [0.25, 0.3) is 0 Å². The fraction of sp³-hybridized carbons (Fsp3) is 0.875. The Morgan fingerprint density at radius 1 is 0.655 bits per heavy atom. The maximum atomic E-state index is 11.3. The normalized spacial score (nSPS) is 11.9. The molecule has 0 amide bonds. The summed E-state index contributed by atoms with van der Waals surface area (Å²) in [4.78, 5) is 11.3. The standard InChI is InChI=1S/C24H45NO2P2/c1-2-3-4-5-6-7-8-9-10-11-12-13-14-15-16-17-18-19-20-21-22-23-24(26)28-25-29-27/h9-10H,2-8,11-23H2,1H3/b10-9-. The van der Waals surface area contributed by atoms with Gasteiger partial charge in [-0.3, -0.25) is 4.79 Å². The van der Waals surface area contributed by atoms with E-state index in [0.717, 1.165) is 12.8 Å². The SMILES string of the molecule is CCCCCCCC/C=C\CCCCCCCCCCCCCC(=O)P=NP=O. The predicted octanol–water partition coefficient (Wildman–Crippen LogP) is 10.2. The van der Waals surface area contributed by atoms with E-state index in [4.69, 9.17) is 0 Å². The summed E-state index contributed by atoms with van der Waals surface area (Å²) in [6.45, 7) is 2.28. The van der Waals surface area contributed by atoms with Gasteiger partial charge in [-0.25, -0.2) is 4.57 Å². The van der Waals surface area contributed by atoms with Gasteiger partial charge in [0.2, 0.25) is 5.52 Å². The van der Waals surface area contributed by atoms with Gasteiger partial charge in [-0.05, 0) is 32.1 Å². The molecule has 0 unspecified atom stereocenters. The zero-order valence-corrected chi connectivity index (χ0v) is 20.7. The zero-order valence-electron chi connectivity index (χ0n) is 19.0. The molecular weight excluding hydrogens is 396 g/mol. The molecule has 0 aliphatic heterocycles. The van der Waals surface area contributed by atoms with Gasteiger partial charge in [0.05, 0.1) is 8.37 Å². The monoisotopic (exact) mass is 441 g/mol. The summed E-state index contributed by atoms with van der Waals surface area (Å²) in [7, 11) is 0.0640. The van der Waals surface area contributed by atoms with E-state index in [1.165, 1.54) is 109 Å². The lowest BCUT2D eigenvalue weighted by molar-refractivity contribution is -0.111. The van der Waals surface area contributed by atoms with Crippen molar-refractivity contribution >= 4 is 22.5 Å². The van der Waals surface area contributed by atoms with E-state index in [9.17, 15) is 9.36 Å². The molecule has 0 bridgehead atoms. The molecule has 0 aromatic carbocycles. The molecule has 168 valence electrons. The Kier molecular flexibility index (Phi) is 25.3. The number of allylic oxidation sites excluding steroid dienone is 2. The van der Waals surface area contributed by atoms with Crippen molar-refractivity contribution in [3.63, 3.8) is 0 Å². The largest absolute Gasteiger partial charge is 0.307 e. The third-order valence-electron chi connectivity index (χ3n) is 5.35. The number of carbonyl (C=O) groups excluding carboxylic acids is 1. The first-order valence-electron chi connectivity index (χ1n) is 12.2. The van der Waals surface area contributed by atoms with E-state index in [-0.39, 0.29) is 14.1 Å². The van der Waals surface area contributed by atoms with Crippen LogP contribution in [0.4, 0.5) is 0 Å². The van der Waals surface area contributed by atoms with Gasteiger partial charge in [0.1, 0.15) is 0 Å². The van der Waals surface area contributed by atoms with Crippen molar-refractivity contribution in [2.45, 2.75) is 135 Å².